The smallest absolute Gasteiger partial charge is 0.340 e. The summed E-state index contributed by atoms with van der Waals surface area (Å²) in [5.74, 6) is -0.281. The standard InChI is InChI=1S/C14H19NO3S/c1-9-8-11(14(17)18-2)13(19-9)15-12(16)10-6-4-3-5-7-10/h8,10H,3-7H2,1-2H3,(H,15,16). The maximum atomic E-state index is 12.2. The Morgan fingerprint density at radius 1 is 1.32 bits per heavy atom. The van der Waals surface area contributed by atoms with Gasteiger partial charge < -0.3 is 10.1 Å². The Kier molecular flexibility index (Phi) is 4.58. The highest BCUT2D eigenvalue weighted by molar-refractivity contribution is 7.16. The second-order valence-corrected chi connectivity index (χ2v) is 6.17. The number of hydrogen-bond acceptors (Lipinski definition) is 4. The monoisotopic (exact) mass is 281 g/mol. The molecule has 1 saturated carbocycles. The molecular weight excluding hydrogens is 262 g/mol. The molecule has 1 aliphatic carbocycles. The molecule has 1 heterocycles. The third-order valence-corrected chi connectivity index (χ3v) is 4.44. The number of thiophene rings is 1. The summed E-state index contributed by atoms with van der Waals surface area (Å²) >= 11 is 1.42. The second kappa shape index (κ2) is 6.19. The van der Waals surface area contributed by atoms with E-state index in [4.69, 9.17) is 4.74 Å². The lowest BCUT2D eigenvalue weighted by Gasteiger charge is -2.20. The molecule has 1 N–H and O–H groups in total. The topological polar surface area (TPSA) is 55.4 Å². The lowest BCUT2D eigenvalue weighted by atomic mass is 9.89. The average Bonchev–Trinajstić information content (AvgIpc) is 2.79. The summed E-state index contributed by atoms with van der Waals surface area (Å²) in [6, 6.07) is 1.76. The Balaban J connectivity index is 2.09. The van der Waals surface area contributed by atoms with Gasteiger partial charge >= 0.3 is 5.97 Å². The molecule has 0 atom stereocenters. The Labute approximate surface area is 117 Å². The Bertz CT molecular complexity index is 475. The van der Waals surface area contributed by atoms with Gasteiger partial charge in [0.1, 0.15) is 5.00 Å². The van der Waals surface area contributed by atoms with Gasteiger partial charge in [-0.2, -0.15) is 0 Å². The summed E-state index contributed by atoms with van der Waals surface area (Å²) in [5, 5.41) is 3.51. The first-order valence-corrected chi connectivity index (χ1v) is 7.43. The van der Waals surface area contributed by atoms with E-state index in [1.807, 2.05) is 6.92 Å². The van der Waals surface area contributed by atoms with Gasteiger partial charge in [0.15, 0.2) is 0 Å². The van der Waals surface area contributed by atoms with Crippen molar-refractivity contribution in [1.82, 2.24) is 0 Å². The summed E-state index contributed by atoms with van der Waals surface area (Å²) in [6.45, 7) is 1.91. The van der Waals surface area contributed by atoms with Crippen LogP contribution in [0.5, 0.6) is 0 Å². The summed E-state index contributed by atoms with van der Waals surface area (Å²) in [4.78, 5) is 24.8. The van der Waals surface area contributed by atoms with Gasteiger partial charge in [-0.15, -0.1) is 11.3 Å². The molecule has 19 heavy (non-hydrogen) atoms. The van der Waals surface area contributed by atoms with E-state index >= 15 is 0 Å². The van der Waals surface area contributed by atoms with Crippen LogP contribution in [0.2, 0.25) is 0 Å². The maximum Gasteiger partial charge on any atom is 0.340 e. The molecular formula is C14H19NO3S. The minimum atomic E-state index is -0.400. The number of carbonyl (C=O) groups excluding carboxylic acids is 2. The fourth-order valence-corrected chi connectivity index (χ4v) is 3.35. The van der Waals surface area contributed by atoms with E-state index in [0.29, 0.717) is 10.6 Å². The van der Waals surface area contributed by atoms with Crippen LogP contribution in [0, 0.1) is 12.8 Å². The molecule has 0 spiro atoms. The molecule has 0 unspecified atom stereocenters. The van der Waals surface area contributed by atoms with E-state index in [1.165, 1.54) is 24.9 Å². The summed E-state index contributed by atoms with van der Waals surface area (Å²) in [7, 11) is 1.35. The first-order chi connectivity index (χ1) is 9.11. The Morgan fingerprint density at radius 3 is 2.63 bits per heavy atom. The van der Waals surface area contributed by atoms with Crippen LogP contribution in [0.4, 0.5) is 5.00 Å². The number of ether oxygens (including phenoxy) is 1. The van der Waals surface area contributed by atoms with Crippen LogP contribution in [0.25, 0.3) is 0 Å². The second-order valence-electron chi connectivity index (χ2n) is 4.92. The molecule has 0 saturated heterocycles. The van der Waals surface area contributed by atoms with Crippen LogP contribution in [0.1, 0.15) is 47.3 Å². The van der Waals surface area contributed by atoms with Crippen LogP contribution in [0.15, 0.2) is 6.07 Å². The maximum absolute atomic E-state index is 12.2. The highest BCUT2D eigenvalue weighted by Gasteiger charge is 2.24. The molecule has 1 aromatic rings. The third kappa shape index (κ3) is 3.35. The zero-order valence-corrected chi connectivity index (χ0v) is 12.1. The van der Waals surface area contributed by atoms with Crippen LogP contribution in [0.3, 0.4) is 0 Å². The zero-order chi connectivity index (χ0) is 13.8. The minimum Gasteiger partial charge on any atom is -0.465 e. The number of rotatable bonds is 3. The van der Waals surface area contributed by atoms with Gasteiger partial charge in [-0.3, -0.25) is 4.79 Å². The number of hydrogen-bond donors (Lipinski definition) is 1. The van der Waals surface area contributed by atoms with E-state index in [2.05, 4.69) is 5.32 Å². The number of aryl methyl sites for hydroxylation is 1. The molecule has 1 aromatic heterocycles. The zero-order valence-electron chi connectivity index (χ0n) is 11.3. The third-order valence-electron chi connectivity index (χ3n) is 3.47. The SMILES string of the molecule is COC(=O)c1cc(C)sc1NC(=O)C1CCCCC1. The fourth-order valence-electron chi connectivity index (χ4n) is 2.45. The van der Waals surface area contributed by atoms with Gasteiger partial charge in [0.2, 0.25) is 5.91 Å². The van der Waals surface area contributed by atoms with Crippen LogP contribution >= 0.6 is 11.3 Å². The number of carbonyl (C=O) groups is 2. The van der Waals surface area contributed by atoms with E-state index in [1.54, 1.807) is 6.07 Å². The van der Waals surface area contributed by atoms with E-state index in [-0.39, 0.29) is 11.8 Å². The van der Waals surface area contributed by atoms with E-state index in [0.717, 1.165) is 30.6 Å². The summed E-state index contributed by atoms with van der Waals surface area (Å²) < 4.78 is 4.73. The summed E-state index contributed by atoms with van der Waals surface area (Å²) in [5.41, 5.74) is 0.453. The van der Waals surface area contributed by atoms with E-state index < -0.39 is 5.97 Å². The Morgan fingerprint density at radius 2 is 2.00 bits per heavy atom. The Hall–Kier alpha value is -1.36. The lowest BCUT2D eigenvalue weighted by molar-refractivity contribution is -0.120. The van der Waals surface area contributed by atoms with Crippen molar-refractivity contribution in [2.45, 2.75) is 39.0 Å². The van der Waals surface area contributed by atoms with Crippen molar-refractivity contribution in [3.05, 3.63) is 16.5 Å². The molecule has 1 aliphatic rings. The van der Waals surface area contributed by atoms with Crippen molar-refractivity contribution < 1.29 is 14.3 Å². The molecule has 104 valence electrons. The number of nitrogens with one attached hydrogen (secondary N) is 1. The predicted octanol–water partition coefficient (Wildman–Crippen LogP) is 3.36. The van der Waals surface area contributed by atoms with Gasteiger partial charge in [0.05, 0.1) is 12.7 Å². The van der Waals surface area contributed by atoms with Gasteiger partial charge in [-0.25, -0.2) is 4.79 Å². The molecule has 0 bridgehead atoms. The quantitative estimate of drug-likeness (QED) is 0.864. The molecule has 1 amide bonds. The molecule has 1 fully saturated rings. The highest BCUT2D eigenvalue weighted by atomic mass is 32.1. The minimum absolute atomic E-state index is 0.0340. The van der Waals surface area contributed by atoms with Gasteiger partial charge in [-0.05, 0) is 25.8 Å². The van der Waals surface area contributed by atoms with Gasteiger partial charge in [0.25, 0.3) is 0 Å². The van der Waals surface area contributed by atoms with Gasteiger partial charge in [0, 0.05) is 10.8 Å². The number of methoxy groups -OCH3 is 1. The number of esters is 1. The predicted molar refractivity (Wildman–Crippen MR) is 75.6 cm³/mol. The molecule has 4 nitrogen and oxygen atoms in total. The lowest BCUT2D eigenvalue weighted by Crippen LogP contribution is -2.25. The average molecular weight is 281 g/mol. The number of anilines is 1. The molecule has 0 aromatic carbocycles. The molecule has 0 aliphatic heterocycles. The number of amides is 1. The first kappa shape index (κ1) is 14.1. The normalized spacial score (nSPS) is 16.1. The first-order valence-electron chi connectivity index (χ1n) is 6.61. The van der Waals surface area contributed by atoms with Crippen molar-refractivity contribution in [1.29, 1.82) is 0 Å². The van der Waals surface area contributed by atoms with Crippen LogP contribution in [-0.4, -0.2) is 19.0 Å². The largest absolute Gasteiger partial charge is 0.465 e. The highest BCUT2D eigenvalue weighted by Crippen LogP contribution is 2.30. The van der Waals surface area contributed by atoms with Crippen molar-refractivity contribution >= 4 is 28.2 Å². The van der Waals surface area contributed by atoms with E-state index in [9.17, 15) is 9.59 Å². The van der Waals surface area contributed by atoms with Gasteiger partial charge in [-0.1, -0.05) is 19.3 Å². The van der Waals surface area contributed by atoms with Crippen molar-refractivity contribution in [2.24, 2.45) is 5.92 Å². The molecule has 0 radical (unpaired) electrons. The summed E-state index contributed by atoms with van der Waals surface area (Å²) in [6.07, 6.45) is 5.35. The fraction of sp³-hybridized carbons (Fsp3) is 0.571. The van der Waals surface area contributed by atoms with Crippen molar-refractivity contribution in [3.63, 3.8) is 0 Å². The van der Waals surface area contributed by atoms with Crippen LogP contribution < -0.4 is 5.32 Å². The van der Waals surface area contributed by atoms with Crippen molar-refractivity contribution in [2.75, 3.05) is 12.4 Å². The molecule has 2 rings (SSSR count). The van der Waals surface area contributed by atoms with Crippen molar-refractivity contribution in [3.8, 4) is 0 Å². The molecule has 5 heteroatoms. The van der Waals surface area contributed by atoms with Crippen LogP contribution in [-0.2, 0) is 9.53 Å².